The number of rotatable bonds is 5. The molecule has 1 aliphatic carbocycles. The lowest BCUT2D eigenvalue weighted by atomic mass is 9.79. The topological polar surface area (TPSA) is 84.0 Å². The molecule has 3 heterocycles. The SMILES string of the molecule is CC(=O)C[C@@H]1N(Cc2ccccc2)C(=O)[C@@H]2N(C3CCCC3)C(=O)[C@@H]3CC(=O)O[C@]123. The Hall–Kier alpha value is -2.70. The summed E-state index contributed by atoms with van der Waals surface area (Å²) in [7, 11) is 0. The number of ketones is 1. The van der Waals surface area contributed by atoms with E-state index >= 15 is 0 Å². The Bertz CT molecular complexity index is 909. The third-order valence-corrected chi connectivity index (χ3v) is 7.27. The van der Waals surface area contributed by atoms with E-state index in [1.807, 2.05) is 30.3 Å². The number of hydrogen-bond donors (Lipinski definition) is 0. The van der Waals surface area contributed by atoms with Gasteiger partial charge >= 0.3 is 5.97 Å². The number of ether oxygens (including phenoxy) is 1. The minimum Gasteiger partial charge on any atom is -0.453 e. The second-order valence-corrected chi connectivity index (χ2v) is 9.04. The second-order valence-electron chi connectivity index (χ2n) is 9.04. The molecule has 0 radical (unpaired) electrons. The number of nitrogens with zero attached hydrogens (tertiary/aromatic N) is 2. The summed E-state index contributed by atoms with van der Waals surface area (Å²) in [5, 5.41) is 0. The summed E-state index contributed by atoms with van der Waals surface area (Å²) >= 11 is 0. The van der Waals surface area contributed by atoms with Crippen molar-refractivity contribution in [3.8, 4) is 0 Å². The van der Waals surface area contributed by atoms with Crippen LogP contribution in [0.4, 0.5) is 0 Å². The van der Waals surface area contributed by atoms with Gasteiger partial charge in [-0.1, -0.05) is 43.2 Å². The van der Waals surface area contributed by atoms with Crippen LogP contribution in [0.3, 0.4) is 0 Å². The molecule has 4 fully saturated rings. The highest BCUT2D eigenvalue weighted by atomic mass is 16.6. The standard InChI is InChI=1S/C23H26N2O5/c1-14(26)11-18-23-17(12-19(27)30-23)21(28)25(16-9-5-6-10-16)20(23)22(29)24(18)13-15-7-3-2-4-8-15/h2-4,7-8,16-18,20H,5-6,9-13H2,1H3/t17-,18-,20-,23+/m0/s1. The van der Waals surface area contributed by atoms with Gasteiger partial charge in [-0.3, -0.25) is 19.2 Å². The summed E-state index contributed by atoms with van der Waals surface area (Å²) in [5.74, 6) is -1.59. The third kappa shape index (κ3) is 2.63. The summed E-state index contributed by atoms with van der Waals surface area (Å²) in [6, 6.07) is 8.14. The van der Waals surface area contributed by atoms with E-state index in [9.17, 15) is 19.2 Å². The molecule has 5 rings (SSSR count). The van der Waals surface area contributed by atoms with Crippen molar-refractivity contribution < 1.29 is 23.9 Å². The van der Waals surface area contributed by atoms with Crippen LogP contribution in [0, 0.1) is 5.92 Å². The van der Waals surface area contributed by atoms with E-state index in [0.717, 1.165) is 31.2 Å². The molecular weight excluding hydrogens is 384 g/mol. The minimum atomic E-state index is -1.26. The normalized spacial score (nSPS) is 33.2. The Morgan fingerprint density at radius 3 is 2.47 bits per heavy atom. The number of benzene rings is 1. The van der Waals surface area contributed by atoms with Crippen LogP contribution in [0.1, 0.15) is 51.0 Å². The van der Waals surface area contributed by atoms with Crippen LogP contribution in [0.5, 0.6) is 0 Å². The Morgan fingerprint density at radius 2 is 1.80 bits per heavy atom. The predicted octanol–water partition coefficient (Wildman–Crippen LogP) is 1.83. The highest BCUT2D eigenvalue weighted by molar-refractivity contribution is 6.02. The quantitative estimate of drug-likeness (QED) is 0.692. The van der Waals surface area contributed by atoms with Crippen LogP contribution in [-0.2, 0) is 30.5 Å². The average Bonchev–Trinajstić information content (AvgIpc) is 3.43. The van der Waals surface area contributed by atoms with Gasteiger partial charge in [0.25, 0.3) is 0 Å². The van der Waals surface area contributed by atoms with E-state index in [2.05, 4.69) is 0 Å². The molecule has 3 aliphatic heterocycles. The molecule has 0 aromatic heterocycles. The Balaban J connectivity index is 1.60. The van der Waals surface area contributed by atoms with E-state index in [1.165, 1.54) is 6.92 Å². The van der Waals surface area contributed by atoms with Crippen LogP contribution >= 0.6 is 0 Å². The summed E-state index contributed by atoms with van der Waals surface area (Å²) in [5.41, 5.74) is -0.315. The van der Waals surface area contributed by atoms with Crippen molar-refractivity contribution >= 4 is 23.6 Å². The van der Waals surface area contributed by atoms with Crippen LogP contribution in [0.25, 0.3) is 0 Å². The van der Waals surface area contributed by atoms with Crippen molar-refractivity contribution in [3.63, 3.8) is 0 Å². The highest BCUT2D eigenvalue weighted by Gasteiger charge is 2.77. The first-order valence-corrected chi connectivity index (χ1v) is 10.8. The predicted molar refractivity (Wildman–Crippen MR) is 106 cm³/mol. The fraction of sp³-hybridized carbons (Fsp3) is 0.565. The van der Waals surface area contributed by atoms with Gasteiger partial charge in [-0.05, 0) is 25.3 Å². The number of hydrogen-bond acceptors (Lipinski definition) is 5. The molecule has 4 atom stereocenters. The molecule has 7 nitrogen and oxygen atoms in total. The average molecular weight is 410 g/mol. The van der Waals surface area contributed by atoms with Crippen molar-refractivity contribution in [2.45, 2.75) is 75.7 Å². The first-order valence-electron chi connectivity index (χ1n) is 10.8. The van der Waals surface area contributed by atoms with Gasteiger partial charge in [0.1, 0.15) is 5.78 Å². The first-order chi connectivity index (χ1) is 14.4. The van der Waals surface area contributed by atoms with Crippen LogP contribution in [0.15, 0.2) is 30.3 Å². The summed E-state index contributed by atoms with van der Waals surface area (Å²) < 4.78 is 5.89. The van der Waals surface area contributed by atoms with Gasteiger partial charge in [-0.2, -0.15) is 0 Å². The number of esters is 1. The Morgan fingerprint density at radius 1 is 1.10 bits per heavy atom. The fourth-order valence-electron chi connectivity index (χ4n) is 6.12. The highest BCUT2D eigenvalue weighted by Crippen LogP contribution is 2.55. The lowest BCUT2D eigenvalue weighted by molar-refractivity contribution is -0.154. The number of likely N-dealkylation sites (tertiary alicyclic amines) is 2. The lowest BCUT2D eigenvalue weighted by Gasteiger charge is -2.34. The molecule has 158 valence electrons. The Kier molecular flexibility index (Phi) is 4.45. The molecule has 2 amide bonds. The van der Waals surface area contributed by atoms with Gasteiger partial charge in [-0.25, -0.2) is 0 Å². The van der Waals surface area contributed by atoms with E-state index in [-0.39, 0.29) is 36.5 Å². The maximum Gasteiger partial charge on any atom is 0.307 e. The number of amides is 2. The molecule has 7 heteroatoms. The number of carbonyl (C=O) groups is 4. The van der Waals surface area contributed by atoms with Crippen molar-refractivity contribution in [3.05, 3.63) is 35.9 Å². The maximum atomic E-state index is 13.8. The monoisotopic (exact) mass is 410 g/mol. The molecular formula is C23H26N2O5. The molecule has 0 bridgehead atoms. The largest absolute Gasteiger partial charge is 0.453 e. The van der Waals surface area contributed by atoms with E-state index in [4.69, 9.17) is 4.74 Å². The number of Topliss-reactive ketones (excluding diaryl/α,β-unsaturated/α-hetero) is 1. The molecule has 3 saturated heterocycles. The van der Waals surface area contributed by atoms with Crippen molar-refractivity contribution in [1.29, 1.82) is 0 Å². The Labute approximate surface area is 175 Å². The van der Waals surface area contributed by atoms with Crippen LogP contribution < -0.4 is 0 Å². The van der Waals surface area contributed by atoms with Crippen LogP contribution in [-0.4, -0.2) is 57.1 Å². The summed E-state index contributed by atoms with van der Waals surface area (Å²) in [4.78, 5) is 55.2. The van der Waals surface area contributed by atoms with Gasteiger partial charge < -0.3 is 14.5 Å². The molecule has 30 heavy (non-hydrogen) atoms. The van der Waals surface area contributed by atoms with E-state index in [0.29, 0.717) is 6.54 Å². The van der Waals surface area contributed by atoms with E-state index in [1.54, 1.807) is 9.80 Å². The fourth-order valence-corrected chi connectivity index (χ4v) is 6.12. The summed E-state index contributed by atoms with van der Waals surface area (Å²) in [6.45, 7) is 1.80. The maximum absolute atomic E-state index is 13.8. The van der Waals surface area contributed by atoms with Gasteiger partial charge in [0.2, 0.25) is 11.8 Å². The summed E-state index contributed by atoms with van der Waals surface area (Å²) in [6.07, 6.45) is 3.84. The zero-order valence-corrected chi connectivity index (χ0v) is 17.1. The first kappa shape index (κ1) is 19.3. The third-order valence-electron chi connectivity index (χ3n) is 7.27. The molecule has 0 unspecified atom stereocenters. The lowest BCUT2D eigenvalue weighted by Crippen LogP contribution is -2.53. The van der Waals surface area contributed by atoms with Gasteiger partial charge in [0.05, 0.1) is 18.4 Å². The zero-order chi connectivity index (χ0) is 21.0. The van der Waals surface area contributed by atoms with Crippen molar-refractivity contribution in [2.75, 3.05) is 0 Å². The van der Waals surface area contributed by atoms with Crippen molar-refractivity contribution in [1.82, 2.24) is 9.80 Å². The molecule has 0 N–H and O–H groups in total. The zero-order valence-electron chi connectivity index (χ0n) is 17.1. The number of carbonyl (C=O) groups excluding carboxylic acids is 4. The minimum absolute atomic E-state index is 0.00211. The van der Waals surface area contributed by atoms with Gasteiger partial charge in [-0.15, -0.1) is 0 Å². The molecule has 1 aromatic carbocycles. The molecule has 4 aliphatic rings. The molecule has 1 aromatic rings. The molecule has 1 saturated carbocycles. The van der Waals surface area contributed by atoms with Crippen LogP contribution in [0.2, 0.25) is 0 Å². The second kappa shape index (κ2) is 6.93. The smallest absolute Gasteiger partial charge is 0.307 e. The van der Waals surface area contributed by atoms with Crippen molar-refractivity contribution in [2.24, 2.45) is 5.92 Å². The van der Waals surface area contributed by atoms with E-state index < -0.39 is 29.6 Å². The molecule has 1 spiro atoms. The van der Waals surface area contributed by atoms with Gasteiger partial charge in [0.15, 0.2) is 11.6 Å². The van der Waals surface area contributed by atoms with Gasteiger partial charge in [0, 0.05) is 19.0 Å².